The molecule has 3 aromatic carbocycles. The highest BCUT2D eigenvalue weighted by atomic mass is 35.5. The lowest BCUT2D eigenvalue weighted by Gasteiger charge is -2.25. The molecule has 28 heavy (non-hydrogen) atoms. The molecule has 0 heterocycles. The van der Waals surface area contributed by atoms with Crippen molar-refractivity contribution in [2.45, 2.75) is 4.90 Å². The summed E-state index contributed by atoms with van der Waals surface area (Å²) < 4.78 is 40.3. The number of amides is 1. The number of anilines is 2. The molecule has 0 aromatic heterocycles. The number of rotatable bonds is 6. The third kappa shape index (κ3) is 4.49. The molecule has 0 radical (unpaired) electrons. The zero-order valence-corrected chi connectivity index (χ0v) is 16.1. The highest BCUT2D eigenvalue weighted by Crippen LogP contribution is 2.30. The second kappa shape index (κ2) is 8.41. The van der Waals surface area contributed by atoms with Gasteiger partial charge in [-0.15, -0.1) is 0 Å². The van der Waals surface area contributed by atoms with Crippen LogP contribution in [0, 0.1) is 5.82 Å². The zero-order valence-electron chi connectivity index (χ0n) is 14.5. The Morgan fingerprint density at radius 3 is 2.18 bits per heavy atom. The third-order valence-corrected chi connectivity index (χ3v) is 5.96. The van der Waals surface area contributed by atoms with Crippen LogP contribution in [0.4, 0.5) is 15.8 Å². The number of sulfonamides is 1. The van der Waals surface area contributed by atoms with E-state index in [-0.39, 0.29) is 15.6 Å². The van der Waals surface area contributed by atoms with Gasteiger partial charge >= 0.3 is 0 Å². The Balaban J connectivity index is 1.94. The summed E-state index contributed by atoms with van der Waals surface area (Å²) in [5.74, 6) is -1.03. The number of carbonyl (C=O) groups excluding carboxylic acids is 1. The molecule has 0 fully saturated rings. The van der Waals surface area contributed by atoms with Crippen LogP contribution < -0.4 is 9.62 Å². The fraction of sp³-hybridized carbons (Fsp3) is 0.0500. The van der Waals surface area contributed by atoms with E-state index in [1.165, 1.54) is 42.5 Å². The monoisotopic (exact) mass is 418 g/mol. The van der Waals surface area contributed by atoms with E-state index in [1.807, 2.05) is 0 Å². The standard InChI is InChI=1S/C20H16ClFN2O3S/c21-18-8-4-5-9-19(18)24(28(26,27)17-6-2-1-3-7-17)14-20(25)23-16-12-10-15(22)11-13-16/h1-13H,14H2,(H,23,25). The molecule has 0 saturated carbocycles. The van der Waals surface area contributed by atoms with Gasteiger partial charge < -0.3 is 5.32 Å². The number of carbonyl (C=O) groups is 1. The molecule has 3 aromatic rings. The van der Waals surface area contributed by atoms with Crippen molar-refractivity contribution in [3.63, 3.8) is 0 Å². The van der Waals surface area contributed by atoms with E-state index in [9.17, 15) is 17.6 Å². The largest absolute Gasteiger partial charge is 0.325 e. The van der Waals surface area contributed by atoms with Crippen molar-refractivity contribution < 1.29 is 17.6 Å². The fourth-order valence-electron chi connectivity index (χ4n) is 2.54. The highest BCUT2D eigenvalue weighted by Gasteiger charge is 2.28. The van der Waals surface area contributed by atoms with Crippen LogP contribution in [0.1, 0.15) is 0 Å². The number of benzene rings is 3. The van der Waals surface area contributed by atoms with Crippen LogP contribution in [0.15, 0.2) is 83.8 Å². The minimum Gasteiger partial charge on any atom is -0.325 e. The Labute approximate surface area is 167 Å². The predicted molar refractivity (Wildman–Crippen MR) is 107 cm³/mol. The first-order valence-electron chi connectivity index (χ1n) is 8.25. The lowest BCUT2D eigenvalue weighted by atomic mass is 10.3. The summed E-state index contributed by atoms with van der Waals surface area (Å²) >= 11 is 6.19. The summed E-state index contributed by atoms with van der Waals surface area (Å²) in [4.78, 5) is 12.5. The van der Waals surface area contributed by atoms with Crippen molar-refractivity contribution in [1.29, 1.82) is 0 Å². The minimum atomic E-state index is -4.04. The van der Waals surface area contributed by atoms with Gasteiger partial charge in [-0.2, -0.15) is 0 Å². The van der Waals surface area contributed by atoms with Gasteiger partial charge in [0.25, 0.3) is 10.0 Å². The first-order chi connectivity index (χ1) is 13.4. The van der Waals surface area contributed by atoms with Crippen molar-refractivity contribution in [2.75, 3.05) is 16.2 Å². The summed E-state index contributed by atoms with van der Waals surface area (Å²) in [5, 5.41) is 2.75. The molecule has 0 unspecified atom stereocenters. The Bertz CT molecular complexity index is 1070. The topological polar surface area (TPSA) is 66.5 Å². The van der Waals surface area contributed by atoms with Gasteiger partial charge in [-0.25, -0.2) is 12.8 Å². The van der Waals surface area contributed by atoms with E-state index < -0.39 is 28.3 Å². The second-order valence-electron chi connectivity index (χ2n) is 5.83. The SMILES string of the molecule is O=C(CN(c1ccccc1Cl)S(=O)(=O)c1ccccc1)Nc1ccc(F)cc1. The summed E-state index contributed by atoms with van der Waals surface area (Å²) in [6.45, 7) is -0.502. The van der Waals surface area contributed by atoms with Crippen LogP contribution in [0.2, 0.25) is 5.02 Å². The summed E-state index contributed by atoms with van der Waals surface area (Å²) in [7, 11) is -4.04. The number of hydrogen-bond donors (Lipinski definition) is 1. The first-order valence-corrected chi connectivity index (χ1v) is 10.1. The predicted octanol–water partition coefficient (Wildman–Crippen LogP) is 4.31. The van der Waals surface area contributed by atoms with Crippen molar-refractivity contribution in [1.82, 2.24) is 0 Å². The fourth-order valence-corrected chi connectivity index (χ4v) is 4.29. The maximum atomic E-state index is 13.2. The normalized spacial score (nSPS) is 11.1. The van der Waals surface area contributed by atoms with Gasteiger partial charge in [0.1, 0.15) is 12.4 Å². The summed E-state index contributed by atoms with van der Waals surface area (Å²) in [5.41, 5.74) is 0.532. The lowest BCUT2D eigenvalue weighted by molar-refractivity contribution is -0.114. The first kappa shape index (κ1) is 19.9. The molecule has 0 aliphatic carbocycles. The quantitative estimate of drug-likeness (QED) is 0.648. The van der Waals surface area contributed by atoms with Crippen molar-refractivity contribution in [2.24, 2.45) is 0 Å². The average Bonchev–Trinajstić information content (AvgIpc) is 2.69. The summed E-state index contributed by atoms with van der Waals surface area (Å²) in [6.07, 6.45) is 0. The van der Waals surface area contributed by atoms with Gasteiger partial charge in [0.2, 0.25) is 5.91 Å². The van der Waals surface area contributed by atoms with Crippen LogP contribution in [0.25, 0.3) is 0 Å². The van der Waals surface area contributed by atoms with Gasteiger partial charge in [0, 0.05) is 5.69 Å². The smallest absolute Gasteiger partial charge is 0.264 e. The van der Waals surface area contributed by atoms with Crippen LogP contribution in [-0.2, 0) is 14.8 Å². The Kier molecular flexibility index (Phi) is 5.96. The van der Waals surface area contributed by atoms with Crippen LogP contribution in [0.5, 0.6) is 0 Å². The van der Waals surface area contributed by atoms with Crippen molar-refractivity contribution in [3.8, 4) is 0 Å². The lowest BCUT2D eigenvalue weighted by Crippen LogP contribution is -2.38. The van der Waals surface area contributed by atoms with E-state index >= 15 is 0 Å². The van der Waals surface area contributed by atoms with Gasteiger partial charge in [0.05, 0.1) is 15.6 Å². The molecule has 3 rings (SSSR count). The van der Waals surface area contributed by atoms with Crippen molar-refractivity contribution >= 4 is 38.9 Å². The van der Waals surface area contributed by atoms with E-state index in [2.05, 4.69) is 5.32 Å². The molecule has 0 saturated heterocycles. The maximum absolute atomic E-state index is 13.2. The van der Waals surface area contributed by atoms with E-state index in [0.29, 0.717) is 5.69 Å². The number of nitrogens with zero attached hydrogens (tertiary/aromatic N) is 1. The molecule has 0 spiro atoms. The second-order valence-corrected chi connectivity index (χ2v) is 8.10. The number of nitrogens with one attached hydrogen (secondary N) is 1. The molecule has 144 valence electrons. The molecular formula is C20H16ClFN2O3S. The molecule has 0 atom stereocenters. The van der Waals surface area contributed by atoms with Gasteiger partial charge in [0.15, 0.2) is 0 Å². The molecule has 0 aliphatic heterocycles. The molecule has 1 amide bonds. The Morgan fingerprint density at radius 2 is 1.54 bits per heavy atom. The molecule has 8 heteroatoms. The summed E-state index contributed by atoms with van der Waals surface area (Å²) in [6, 6.07) is 19.3. The third-order valence-electron chi connectivity index (χ3n) is 3.87. The Morgan fingerprint density at radius 1 is 0.929 bits per heavy atom. The van der Waals surface area contributed by atoms with Crippen LogP contribution in [-0.4, -0.2) is 20.9 Å². The van der Waals surface area contributed by atoms with E-state index in [1.54, 1.807) is 36.4 Å². The van der Waals surface area contributed by atoms with Gasteiger partial charge in [-0.3, -0.25) is 9.10 Å². The zero-order chi connectivity index (χ0) is 20.1. The van der Waals surface area contributed by atoms with Gasteiger partial charge in [-0.05, 0) is 48.5 Å². The number of para-hydroxylation sites is 1. The molecule has 5 nitrogen and oxygen atoms in total. The maximum Gasteiger partial charge on any atom is 0.264 e. The molecule has 0 bridgehead atoms. The van der Waals surface area contributed by atoms with E-state index in [4.69, 9.17) is 11.6 Å². The molecular weight excluding hydrogens is 403 g/mol. The molecule has 1 N–H and O–H groups in total. The molecule has 0 aliphatic rings. The van der Waals surface area contributed by atoms with Gasteiger partial charge in [-0.1, -0.05) is 41.9 Å². The highest BCUT2D eigenvalue weighted by molar-refractivity contribution is 7.92. The number of hydrogen-bond acceptors (Lipinski definition) is 3. The van der Waals surface area contributed by atoms with Crippen molar-refractivity contribution in [3.05, 3.63) is 89.7 Å². The average molecular weight is 419 g/mol. The van der Waals surface area contributed by atoms with Crippen LogP contribution >= 0.6 is 11.6 Å². The Hall–Kier alpha value is -2.90. The van der Waals surface area contributed by atoms with E-state index in [0.717, 1.165) is 4.31 Å². The van der Waals surface area contributed by atoms with Crippen LogP contribution in [0.3, 0.4) is 0 Å². The number of halogens is 2. The minimum absolute atomic E-state index is 0.0319.